The Morgan fingerprint density at radius 2 is 2.27 bits per heavy atom. The van der Waals surface area contributed by atoms with Crippen molar-refractivity contribution in [1.82, 2.24) is 19.4 Å². The van der Waals surface area contributed by atoms with Crippen molar-refractivity contribution in [2.24, 2.45) is 7.05 Å². The van der Waals surface area contributed by atoms with E-state index in [9.17, 15) is 4.79 Å². The molecular weight excluding hydrogens is 144 g/mol. The van der Waals surface area contributed by atoms with Crippen molar-refractivity contribution in [1.29, 1.82) is 0 Å². The third-order valence-corrected chi connectivity index (χ3v) is 1.50. The first kappa shape index (κ1) is 6.09. The van der Waals surface area contributed by atoms with Crippen LogP contribution in [0, 0.1) is 0 Å². The van der Waals surface area contributed by atoms with Crippen LogP contribution < -0.4 is 5.56 Å². The maximum Gasteiger partial charge on any atom is 0.293 e. The monoisotopic (exact) mass is 150 g/mol. The van der Waals surface area contributed by atoms with E-state index < -0.39 is 0 Å². The second-order valence-electron chi connectivity index (χ2n) is 2.21. The molecule has 0 amide bonds. The molecule has 0 saturated heterocycles. The number of hydrogen-bond donors (Lipinski definition) is 0. The maximum atomic E-state index is 11.0. The molecule has 5 nitrogen and oxygen atoms in total. The molecule has 0 spiro atoms. The Labute approximate surface area is 61.9 Å². The first-order valence-electron chi connectivity index (χ1n) is 3.15. The molecule has 0 aliphatic rings. The molecule has 2 heterocycles. The molecule has 2 aromatic heterocycles. The summed E-state index contributed by atoms with van der Waals surface area (Å²) in [7, 11) is 1.76. The van der Waals surface area contributed by atoms with E-state index in [0.29, 0.717) is 5.65 Å². The molecule has 0 bridgehead atoms. The summed E-state index contributed by atoms with van der Waals surface area (Å²) in [5.74, 6) is 0. The zero-order chi connectivity index (χ0) is 7.84. The first-order valence-corrected chi connectivity index (χ1v) is 3.15. The van der Waals surface area contributed by atoms with Crippen molar-refractivity contribution in [2.45, 2.75) is 0 Å². The molecule has 5 heteroatoms. The number of aromatic nitrogens is 4. The Kier molecular flexibility index (Phi) is 1.06. The van der Waals surface area contributed by atoms with Crippen molar-refractivity contribution in [2.75, 3.05) is 0 Å². The minimum absolute atomic E-state index is 0.205. The summed E-state index contributed by atoms with van der Waals surface area (Å²) in [5.41, 5.74) is 0.487. The van der Waals surface area contributed by atoms with E-state index in [1.54, 1.807) is 24.0 Å². The normalized spacial score (nSPS) is 10.6. The van der Waals surface area contributed by atoms with Crippen molar-refractivity contribution >= 4 is 5.65 Å². The summed E-state index contributed by atoms with van der Waals surface area (Å²) in [5, 5.41) is 7.64. The fourth-order valence-electron chi connectivity index (χ4n) is 0.961. The fraction of sp³-hybridized carbons (Fsp3) is 0.167. The quantitative estimate of drug-likeness (QED) is 0.505. The van der Waals surface area contributed by atoms with Crippen molar-refractivity contribution in [3.63, 3.8) is 0 Å². The van der Waals surface area contributed by atoms with Crippen LogP contribution in [0.25, 0.3) is 5.65 Å². The van der Waals surface area contributed by atoms with Gasteiger partial charge in [0.05, 0.1) is 6.20 Å². The zero-order valence-corrected chi connectivity index (χ0v) is 5.93. The van der Waals surface area contributed by atoms with Gasteiger partial charge in [0, 0.05) is 13.1 Å². The van der Waals surface area contributed by atoms with Gasteiger partial charge in [-0.1, -0.05) is 0 Å². The molecule has 0 atom stereocenters. The van der Waals surface area contributed by atoms with Crippen molar-refractivity contribution < 1.29 is 0 Å². The number of fused-ring (bicyclic) bond motifs is 1. The molecule has 0 fully saturated rings. The number of rotatable bonds is 0. The van der Waals surface area contributed by atoms with Gasteiger partial charge in [0.1, 0.15) is 6.20 Å². The smallest absolute Gasteiger partial charge is 0.265 e. The van der Waals surface area contributed by atoms with Crippen molar-refractivity contribution in [3.05, 3.63) is 28.8 Å². The maximum absolute atomic E-state index is 11.0. The van der Waals surface area contributed by atoms with Gasteiger partial charge in [-0.3, -0.25) is 9.48 Å². The number of nitrogens with zero attached hydrogens (tertiary/aromatic N) is 4. The summed E-state index contributed by atoms with van der Waals surface area (Å²) in [6.45, 7) is 0. The molecule has 0 aliphatic carbocycles. The molecule has 2 aromatic rings. The summed E-state index contributed by atoms with van der Waals surface area (Å²) < 4.78 is 2.89. The minimum Gasteiger partial charge on any atom is -0.265 e. The van der Waals surface area contributed by atoms with Crippen LogP contribution in [0.2, 0.25) is 0 Å². The number of hydrogen-bond acceptors (Lipinski definition) is 3. The van der Waals surface area contributed by atoms with Gasteiger partial charge in [-0.25, -0.2) is 0 Å². The van der Waals surface area contributed by atoms with Crippen LogP contribution in [-0.2, 0) is 7.05 Å². The van der Waals surface area contributed by atoms with Crippen LogP contribution >= 0.6 is 0 Å². The van der Waals surface area contributed by atoms with Gasteiger partial charge < -0.3 is 0 Å². The van der Waals surface area contributed by atoms with E-state index in [2.05, 4.69) is 10.2 Å². The van der Waals surface area contributed by atoms with Crippen LogP contribution in [0.1, 0.15) is 0 Å². The molecule has 0 aliphatic heterocycles. The predicted molar refractivity (Wildman–Crippen MR) is 38.2 cm³/mol. The molecule has 56 valence electrons. The lowest BCUT2D eigenvalue weighted by molar-refractivity contribution is 0.710. The first-order chi connectivity index (χ1) is 5.29. The third-order valence-electron chi connectivity index (χ3n) is 1.50. The largest absolute Gasteiger partial charge is 0.293 e. The lowest BCUT2D eigenvalue weighted by Crippen LogP contribution is -2.18. The molecule has 0 unspecified atom stereocenters. The lowest BCUT2D eigenvalue weighted by Gasteiger charge is -1.96. The highest BCUT2D eigenvalue weighted by Crippen LogP contribution is 1.92. The fourth-order valence-corrected chi connectivity index (χ4v) is 0.961. The van der Waals surface area contributed by atoms with E-state index in [-0.39, 0.29) is 5.56 Å². The topological polar surface area (TPSA) is 52.2 Å². The molecule has 0 radical (unpaired) electrons. The van der Waals surface area contributed by atoms with Crippen molar-refractivity contribution in [3.8, 4) is 0 Å². The molecule has 0 saturated carbocycles. The van der Waals surface area contributed by atoms with Gasteiger partial charge in [0.15, 0.2) is 5.65 Å². The highest BCUT2D eigenvalue weighted by Gasteiger charge is 1.98. The van der Waals surface area contributed by atoms with Gasteiger partial charge in [-0.2, -0.15) is 14.7 Å². The Balaban J connectivity index is 3.08. The van der Waals surface area contributed by atoms with E-state index in [1.165, 1.54) is 10.7 Å². The van der Waals surface area contributed by atoms with Gasteiger partial charge in [0.2, 0.25) is 0 Å². The molecule has 11 heavy (non-hydrogen) atoms. The Hall–Kier alpha value is -1.65. The highest BCUT2D eigenvalue weighted by atomic mass is 16.1. The third kappa shape index (κ3) is 0.739. The van der Waals surface area contributed by atoms with Gasteiger partial charge in [-0.05, 0) is 0 Å². The summed E-state index contributed by atoms with van der Waals surface area (Å²) >= 11 is 0. The second kappa shape index (κ2) is 1.91. The second-order valence-corrected chi connectivity index (χ2v) is 2.21. The Bertz CT molecular complexity index is 441. The van der Waals surface area contributed by atoms with Crippen LogP contribution in [-0.4, -0.2) is 19.4 Å². The van der Waals surface area contributed by atoms with Crippen LogP contribution in [0.15, 0.2) is 23.3 Å². The minimum atomic E-state index is -0.205. The molecular formula is C6H6N4O. The summed E-state index contributed by atoms with van der Waals surface area (Å²) in [4.78, 5) is 11.0. The zero-order valence-electron chi connectivity index (χ0n) is 5.93. The summed E-state index contributed by atoms with van der Waals surface area (Å²) in [6, 6.07) is 1.73. The predicted octanol–water partition coefficient (Wildman–Crippen LogP) is -0.572. The molecule has 0 N–H and O–H groups in total. The van der Waals surface area contributed by atoms with Gasteiger partial charge in [0.25, 0.3) is 5.56 Å². The Morgan fingerprint density at radius 1 is 1.45 bits per heavy atom. The average molecular weight is 150 g/mol. The molecule has 2 rings (SSSR count). The Morgan fingerprint density at radius 3 is 3.00 bits per heavy atom. The van der Waals surface area contributed by atoms with E-state index in [1.807, 2.05) is 0 Å². The molecule has 0 aromatic carbocycles. The van der Waals surface area contributed by atoms with E-state index >= 15 is 0 Å². The average Bonchev–Trinajstić information content (AvgIpc) is 2.45. The van der Waals surface area contributed by atoms with E-state index in [0.717, 1.165) is 0 Å². The van der Waals surface area contributed by atoms with E-state index in [4.69, 9.17) is 0 Å². The van der Waals surface area contributed by atoms with Crippen LogP contribution in [0.5, 0.6) is 0 Å². The number of aryl methyl sites for hydroxylation is 1. The lowest BCUT2D eigenvalue weighted by atomic mass is 10.6. The SMILES string of the molecule is Cn1ncc(=O)n2nccc12. The standard InChI is InChI=1S/C6H6N4O/c1-9-5-2-3-7-10(5)6(11)4-8-9/h2-4H,1H3. The summed E-state index contributed by atoms with van der Waals surface area (Å²) in [6.07, 6.45) is 2.80. The highest BCUT2D eigenvalue weighted by molar-refractivity contribution is 5.34. The van der Waals surface area contributed by atoms with Crippen LogP contribution in [0.3, 0.4) is 0 Å². The van der Waals surface area contributed by atoms with Gasteiger partial charge in [-0.15, -0.1) is 0 Å². The van der Waals surface area contributed by atoms with Gasteiger partial charge >= 0.3 is 0 Å². The van der Waals surface area contributed by atoms with Crippen LogP contribution in [0.4, 0.5) is 0 Å².